The average Bonchev–Trinajstić information content (AvgIpc) is 2.88. The van der Waals surface area contributed by atoms with Crippen molar-refractivity contribution in [3.05, 3.63) is 6.33 Å². The van der Waals surface area contributed by atoms with Gasteiger partial charge < -0.3 is 9.67 Å². The number of rotatable bonds is 3. The van der Waals surface area contributed by atoms with E-state index in [0.29, 0.717) is 12.4 Å². The Morgan fingerprint density at radius 2 is 2.33 bits per heavy atom. The first-order chi connectivity index (χ1) is 7.09. The van der Waals surface area contributed by atoms with E-state index in [-0.39, 0.29) is 5.91 Å². The van der Waals surface area contributed by atoms with Gasteiger partial charge in [0.2, 0.25) is 11.9 Å². The predicted octanol–water partition coefficient (Wildman–Crippen LogP) is -0.526. The van der Waals surface area contributed by atoms with E-state index in [2.05, 4.69) is 15.5 Å². The first-order valence-electron chi connectivity index (χ1n) is 4.47. The molecule has 0 radical (unpaired) electrons. The molecule has 2 N–H and O–H groups in total. The molecule has 2 unspecified atom stereocenters. The van der Waals surface area contributed by atoms with Crippen LogP contribution in [-0.4, -0.2) is 31.7 Å². The average molecular weight is 210 g/mol. The maximum atomic E-state index is 11.5. The monoisotopic (exact) mass is 210 g/mol. The highest BCUT2D eigenvalue weighted by molar-refractivity contribution is 5.97. The Hall–Kier alpha value is -1.92. The van der Waals surface area contributed by atoms with Gasteiger partial charge in [-0.1, -0.05) is 0 Å². The number of aliphatic carboxylic acids is 1. The molecular formula is C8H10N4O3. The lowest BCUT2D eigenvalue weighted by atomic mass is 10.3. The minimum absolute atomic E-state index is 0.307. The quantitative estimate of drug-likeness (QED) is 0.699. The second-order valence-electron chi connectivity index (χ2n) is 3.54. The molecular weight excluding hydrogens is 200 g/mol. The fourth-order valence-electron chi connectivity index (χ4n) is 1.36. The highest BCUT2D eigenvalue weighted by Gasteiger charge is 2.48. The lowest BCUT2D eigenvalue weighted by Gasteiger charge is -2.01. The number of nitrogens with one attached hydrogen (secondary N) is 1. The van der Waals surface area contributed by atoms with Gasteiger partial charge in [-0.3, -0.25) is 14.9 Å². The summed E-state index contributed by atoms with van der Waals surface area (Å²) in [4.78, 5) is 22.0. The molecule has 2 rings (SSSR count). The van der Waals surface area contributed by atoms with Gasteiger partial charge in [0.15, 0.2) is 0 Å². The summed E-state index contributed by atoms with van der Waals surface area (Å²) in [6.45, 7) is 0. The minimum Gasteiger partial charge on any atom is -0.481 e. The van der Waals surface area contributed by atoms with Crippen LogP contribution in [0.1, 0.15) is 6.42 Å². The van der Waals surface area contributed by atoms with Crippen molar-refractivity contribution in [2.75, 3.05) is 5.32 Å². The number of hydrogen-bond donors (Lipinski definition) is 2. The summed E-state index contributed by atoms with van der Waals surface area (Å²) in [6.07, 6.45) is 1.86. The van der Waals surface area contributed by atoms with Gasteiger partial charge in [-0.25, -0.2) is 0 Å². The van der Waals surface area contributed by atoms with E-state index in [1.807, 2.05) is 0 Å². The number of nitrogens with zero attached hydrogens (tertiary/aromatic N) is 3. The van der Waals surface area contributed by atoms with Crippen LogP contribution in [-0.2, 0) is 16.6 Å². The van der Waals surface area contributed by atoms with Gasteiger partial charge in [0.25, 0.3) is 0 Å². The van der Waals surface area contributed by atoms with Crippen LogP contribution in [0.25, 0.3) is 0 Å². The van der Waals surface area contributed by atoms with Gasteiger partial charge in [-0.05, 0) is 6.42 Å². The lowest BCUT2D eigenvalue weighted by molar-refractivity contribution is -0.139. The molecule has 0 aliphatic heterocycles. The van der Waals surface area contributed by atoms with Crippen molar-refractivity contribution in [1.29, 1.82) is 0 Å². The van der Waals surface area contributed by atoms with Crippen LogP contribution >= 0.6 is 0 Å². The number of carboxylic acid groups (broad SMARTS) is 1. The fraction of sp³-hybridized carbons (Fsp3) is 0.500. The number of aryl methyl sites for hydroxylation is 1. The Kier molecular flexibility index (Phi) is 2.14. The zero-order valence-electron chi connectivity index (χ0n) is 8.04. The van der Waals surface area contributed by atoms with Crippen molar-refractivity contribution < 1.29 is 14.7 Å². The zero-order chi connectivity index (χ0) is 11.0. The van der Waals surface area contributed by atoms with Crippen LogP contribution in [0.3, 0.4) is 0 Å². The van der Waals surface area contributed by atoms with Crippen molar-refractivity contribution in [2.45, 2.75) is 6.42 Å². The van der Waals surface area contributed by atoms with Crippen LogP contribution in [0, 0.1) is 11.8 Å². The summed E-state index contributed by atoms with van der Waals surface area (Å²) in [6, 6.07) is 0. The Morgan fingerprint density at radius 3 is 2.80 bits per heavy atom. The summed E-state index contributed by atoms with van der Waals surface area (Å²) >= 11 is 0. The van der Waals surface area contributed by atoms with Gasteiger partial charge in [-0.2, -0.15) is 0 Å². The van der Waals surface area contributed by atoms with E-state index in [4.69, 9.17) is 5.11 Å². The Morgan fingerprint density at radius 1 is 1.60 bits per heavy atom. The number of aromatic nitrogens is 3. The number of anilines is 1. The lowest BCUT2D eigenvalue weighted by Crippen LogP contribution is -2.18. The number of carbonyl (C=O) groups excluding carboxylic acids is 1. The van der Waals surface area contributed by atoms with E-state index in [0.717, 1.165) is 0 Å². The van der Waals surface area contributed by atoms with Crippen LogP contribution in [0.5, 0.6) is 0 Å². The number of amides is 1. The molecule has 80 valence electrons. The van der Waals surface area contributed by atoms with Gasteiger partial charge in [0, 0.05) is 7.05 Å². The largest absolute Gasteiger partial charge is 0.481 e. The molecule has 7 heteroatoms. The van der Waals surface area contributed by atoms with Crippen LogP contribution in [0.15, 0.2) is 6.33 Å². The molecule has 0 saturated heterocycles. The molecule has 0 aromatic carbocycles. The van der Waals surface area contributed by atoms with E-state index in [1.54, 1.807) is 11.6 Å². The molecule has 1 aromatic heterocycles. The molecule has 1 heterocycles. The van der Waals surface area contributed by atoms with E-state index in [9.17, 15) is 9.59 Å². The zero-order valence-corrected chi connectivity index (χ0v) is 8.04. The molecule has 1 fully saturated rings. The Bertz CT molecular complexity index is 414. The van der Waals surface area contributed by atoms with E-state index >= 15 is 0 Å². The van der Waals surface area contributed by atoms with Crippen molar-refractivity contribution in [2.24, 2.45) is 18.9 Å². The maximum absolute atomic E-state index is 11.5. The topological polar surface area (TPSA) is 97.1 Å². The molecule has 1 amide bonds. The van der Waals surface area contributed by atoms with Gasteiger partial charge in [0.1, 0.15) is 6.33 Å². The van der Waals surface area contributed by atoms with Crippen LogP contribution in [0.2, 0.25) is 0 Å². The molecule has 1 aliphatic rings. The predicted molar refractivity (Wildman–Crippen MR) is 48.9 cm³/mol. The Balaban J connectivity index is 1.95. The Labute approximate surface area is 85.1 Å². The molecule has 7 nitrogen and oxygen atoms in total. The summed E-state index contributed by atoms with van der Waals surface area (Å²) in [5.74, 6) is -1.87. The molecule has 1 aliphatic carbocycles. The SMILES string of the molecule is Cn1cnnc1NC(=O)C1CC1C(=O)O. The third kappa shape index (κ3) is 1.80. The number of hydrogen-bond acceptors (Lipinski definition) is 4. The highest BCUT2D eigenvalue weighted by atomic mass is 16.4. The van der Waals surface area contributed by atoms with Gasteiger partial charge in [0.05, 0.1) is 11.8 Å². The minimum atomic E-state index is -0.923. The standard InChI is InChI=1S/C8H10N4O3/c1-12-3-9-11-8(12)10-6(13)4-2-5(4)7(14)15/h3-5H,2H2,1H3,(H,14,15)(H,10,11,13). The van der Waals surface area contributed by atoms with Crippen molar-refractivity contribution in [1.82, 2.24) is 14.8 Å². The van der Waals surface area contributed by atoms with Gasteiger partial charge >= 0.3 is 5.97 Å². The number of carboxylic acids is 1. The van der Waals surface area contributed by atoms with Crippen molar-refractivity contribution in [3.8, 4) is 0 Å². The normalized spacial score (nSPS) is 23.5. The first-order valence-corrected chi connectivity index (χ1v) is 4.47. The molecule has 0 spiro atoms. The maximum Gasteiger partial charge on any atom is 0.307 e. The second-order valence-corrected chi connectivity index (χ2v) is 3.54. The third-order valence-electron chi connectivity index (χ3n) is 2.39. The molecule has 15 heavy (non-hydrogen) atoms. The highest BCUT2D eigenvalue weighted by Crippen LogP contribution is 2.39. The molecule has 0 bridgehead atoms. The van der Waals surface area contributed by atoms with E-state index in [1.165, 1.54) is 6.33 Å². The summed E-state index contributed by atoms with van der Waals surface area (Å²) in [5, 5.41) is 18.4. The van der Waals surface area contributed by atoms with Crippen molar-refractivity contribution in [3.63, 3.8) is 0 Å². The summed E-state index contributed by atoms with van der Waals surface area (Å²) in [5.41, 5.74) is 0. The smallest absolute Gasteiger partial charge is 0.307 e. The van der Waals surface area contributed by atoms with E-state index < -0.39 is 17.8 Å². The molecule has 2 atom stereocenters. The fourth-order valence-corrected chi connectivity index (χ4v) is 1.36. The summed E-state index contributed by atoms with van der Waals surface area (Å²) < 4.78 is 1.55. The first kappa shape index (κ1) is 9.63. The molecule has 1 aromatic rings. The second kappa shape index (κ2) is 3.34. The van der Waals surface area contributed by atoms with Crippen LogP contribution < -0.4 is 5.32 Å². The van der Waals surface area contributed by atoms with Gasteiger partial charge in [-0.15, -0.1) is 10.2 Å². The summed E-state index contributed by atoms with van der Waals surface area (Å²) in [7, 11) is 1.69. The third-order valence-corrected chi connectivity index (χ3v) is 2.39. The van der Waals surface area contributed by atoms with Crippen LogP contribution in [0.4, 0.5) is 5.95 Å². The van der Waals surface area contributed by atoms with Crippen molar-refractivity contribution >= 4 is 17.8 Å². The number of carbonyl (C=O) groups is 2. The molecule has 1 saturated carbocycles.